The Bertz CT molecular complexity index is 689. The molecule has 27 heavy (non-hydrogen) atoms. The van der Waals surface area contributed by atoms with Crippen molar-refractivity contribution in [3.63, 3.8) is 0 Å². The van der Waals surface area contributed by atoms with Crippen LogP contribution in [0.5, 0.6) is 0 Å². The molecule has 5 aliphatic carbocycles. The molecule has 0 saturated heterocycles. The van der Waals surface area contributed by atoms with E-state index in [1.165, 1.54) is 38.5 Å². The molecule has 0 aromatic heterocycles. The van der Waals surface area contributed by atoms with Gasteiger partial charge < -0.3 is 10.4 Å². The largest absolute Gasteiger partial charge is 0.376 e. The summed E-state index contributed by atoms with van der Waals surface area (Å²) in [6.07, 6.45) is 11.5. The molecule has 1 aromatic carbocycles. The van der Waals surface area contributed by atoms with Gasteiger partial charge in [0.05, 0.1) is 0 Å². The van der Waals surface area contributed by atoms with Gasteiger partial charge in [-0.3, -0.25) is 0 Å². The Labute approximate surface area is 164 Å². The van der Waals surface area contributed by atoms with Crippen LogP contribution in [0.1, 0.15) is 63.4 Å². The summed E-state index contributed by atoms with van der Waals surface area (Å²) in [4.78, 5) is 0. The van der Waals surface area contributed by atoms with Crippen molar-refractivity contribution in [2.24, 2.45) is 29.6 Å². The third-order valence-electron chi connectivity index (χ3n) is 8.10. The first kappa shape index (κ1) is 17.8. The molecule has 0 unspecified atom stereocenters. The van der Waals surface area contributed by atoms with E-state index >= 15 is 0 Å². The normalized spacial score (nSPS) is 42.6. The summed E-state index contributed by atoms with van der Waals surface area (Å²) in [6.45, 7) is 1.09. The zero-order chi connectivity index (χ0) is 18.3. The highest BCUT2D eigenvalue weighted by molar-refractivity contribution is 5.37. The second-order valence-corrected chi connectivity index (χ2v) is 9.84. The van der Waals surface area contributed by atoms with E-state index in [-0.39, 0.29) is 6.04 Å². The fourth-order valence-electron chi connectivity index (χ4n) is 6.93. The van der Waals surface area contributed by atoms with E-state index in [1.807, 2.05) is 30.3 Å². The van der Waals surface area contributed by atoms with E-state index in [0.29, 0.717) is 0 Å². The SMILES string of the molecule is O[C@]1(C#Cc2ccccc2)CCCC[C@H]1NCC1C2CC3CC(C2)CC1C3. The monoisotopic (exact) mass is 363 g/mol. The highest BCUT2D eigenvalue weighted by Gasteiger charge is 2.48. The molecule has 5 fully saturated rings. The van der Waals surface area contributed by atoms with Crippen molar-refractivity contribution in [3.8, 4) is 11.8 Å². The zero-order valence-corrected chi connectivity index (χ0v) is 16.4. The summed E-state index contributed by atoms with van der Waals surface area (Å²) in [5, 5.41) is 15.2. The molecule has 1 aromatic rings. The molecule has 4 bridgehead atoms. The lowest BCUT2D eigenvalue weighted by Crippen LogP contribution is -2.55. The topological polar surface area (TPSA) is 32.3 Å². The highest BCUT2D eigenvalue weighted by Crippen LogP contribution is 2.56. The van der Waals surface area contributed by atoms with E-state index in [1.54, 1.807) is 0 Å². The Morgan fingerprint density at radius 1 is 0.963 bits per heavy atom. The van der Waals surface area contributed by atoms with Gasteiger partial charge in [-0.25, -0.2) is 0 Å². The maximum Gasteiger partial charge on any atom is 0.141 e. The maximum absolute atomic E-state index is 11.3. The van der Waals surface area contributed by atoms with Crippen molar-refractivity contribution in [3.05, 3.63) is 35.9 Å². The van der Waals surface area contributed by atoms with Gasteiger partial charge in [0.2, 0.25) is 0 Å². The fourth-order valence-corrected chi connectivity index (χ4v) is 6.93. The van der Waals surface area contributed by atoms with E-state index < -0.39 is 5.60 Å². The third-order valence-corrected chi connectivity index (χ3v) is 8.10. The molecule has 2 nitrogen and oxygen atoms in total. The number of hydrogen-bond donors (Lipinski definition) is 2. The summed E-state index contributed by atoms with van der Waals surface area (Å²) < 4.78 is 0. The van der Waals surface area contributed by atoms with Crippen LogP contribution in [0.25, 0.3) is 0 Å². The van der Waals surface area contributed by atoms with Gasteiger partial charge in [0.1, 0.15) is 5.60 Å². The summed E-state index contributed by atoms with van der Waals surface area (Å²) in [5.41, 5.74) is 0.122. The zero-order valence-electron chi connectivity index (χ0n) is 16.4. The molecular weight excluding hydrogens is 330 g/mol. The Kier molecular flexibility index (Phi) is 4.78. The van der Waals surface area contributed by atoms with Crippen molar-refractivity contribution >= 4 is 0 Å². The average Bonchev–Trinajstić information content (AvgIpc) is 2.68. The first-order valence-corrected chi connectivity index (χ1v) is 11.2. The van der Waals surface area contributed by atoms with Gasteiger partial charge in [-0.05, 0) is 99.6 Å². The Hall–Kier alpha value is -1.30. The summed E-state index contributed by atoms with van der Waals surface area (Å²) in [5.74, 6) is 11.3. The van der Waals surface area contributed by atoms with Gasteiger partial charge in [0.15, 0.2) is 0 Å². The van der Waals surface area contributed by atoms with Crippen LogP contribution in [0, 0.1) is 41.4 Å². The van der Waals surface area contributed by atoms with Gasteiger partial charge in [-0.1, -0.05) is 36.5 Å². The summed E-state index contributed by atoms with van der Waals surface area (Å²) >= 11 is 0. The Balaban J connectivity index is 1.26. The molecule has 0 heterocycles. The second-order valence-electron chi connectivity index (χ2n) is 9.84. The van der Waals surface area contributed by atoms with Crippen molar-refractivity contribution in [2.45, 2.75) is 69.4 Å². The lowest BCUT2D eigenvalue weighted by Gasteiger charge is -2.55. The van der Waals surface area contributed by atoms with Crippen molar-refractivity contribution in [1.29, 1.82) is 0 Å². The summed E-state index contributed by atoms with van der Waals surface area (Å²) in [7, 11) is 0. The van der Waals surface area contributed by atoms with E-state index in [2.05, 4.69) is 17.2 Å². The number of hydrogen-bond acceptors (Lipinski definition) is 2. The van der Waals surface area contributed by atoms with Gasteiger partial charge >= 0.3 is 0 Å². The number of aliphatic hydroxyl groups is 1. The molecule has 6 rings (SSSR count). The van der Waals surface area contributed by atoms with Crippen molar-refractivity contribution in [2.75, 3.05) is 6.54 Å². The van der Waals surface area contributed by atoms with Crippen LogP contribution in [-0.2, 0) is 0 Å². The maximum atomic E-state index is 11.3. The van der Waals surface area contributed by atoms with Gasteiger partial charge in [0, 0.05) is 11.6 Å². The van der Waals surface area contributed by atoms with E-state index in [9.17, 15) is 5.11 Å². The number of nitrogens with one attached hydrogen (secondary N) is 1. The van der Waals surface area contributed by atoms with Crippen LogP contribution < -0.4 is 5.32 Å². The highest BCUT2D eigenvalue weighted by atomic mass is 16.3. The molecule has 0 amide bonds. The minimum atomic E-state index is -0.875. The second kappa shape index (κ2) is 7.26. The first-order valence-electron chi connectivity index (χ1n) is 11.2. The van der Waals surface area contributed by atoms with Crippen LogP contribution in [-0.4, -0.2) is 23.3 Å². The minimum Gasteiger partial charge on any atom is -0.376 e. The number of rotatable bonds is 3. The third kappa shape index (κ3) is 3.57. The van der Waals surface area contributed by atoms with Gasteiger partial charge in [-0.15, -0.1) is 0 Å². The molecule has 5 saturated carbocycles. The van der Waals surface area contributed by atoms with Crippen LogP contribution in [0.3, 0.4) is 0 Å². The predicted molar refractivity (Wildman–Crippen MR) is 109 cm³/mol. The standard InChI is InChI=1S/C25H33NO/c27-25(11-9-18-6-2-1-3-7-18)10-5-4-8-24(25)26-17-23-21-13-19-12-20(15-21)16-22(23)14-19/h1-3,6-7,19-24,26-27H,4-5,8,10,12-17H2/t19?,20?,21?,22?,23?,24-,25+/m1/s1. The van der Waals surface area contributed by atoms with Gasteiger partial charge in [0.25, 0.3) is 0 Å². The van der Waals surface area contributed by atoms with Crippen LogP contribution in [0.4, 0.5) is 0 Å². The molecule has 0 radical (unpaired) electrons. The Morgan fingerprint density at radius 3 is 2.37 bits per heavy atom. The van der Waals surface area contributed by atoms with Crippen LogP contribution in [0.15, 0.2) is 30.3 Å². The first-order chi connectivity index (χ1) is 13.2. The summed E-state index contributed by atoms with van der Waals surface area (Å²) in [6, 6.07) is 10.2. The molecule has 0 aliphatic heterocycles. The minimum absolute atomic E-state index is 0.125. The predicted octanol–water partition coefficient (Wildman–Crippen LogP) is 4.37. The molecule has 144 valence electrons. The van der Waals surface area contributed by atoms with E-state index in [0.717, 1.165) is 61.0 Å². The van der Waals surface area contributed by atoms with Crippen molar-refractivity contribution < 1.29 is 5.11 Å². The fraction of sp³-hybridized carbons (Fsp3) is 0.680. The lowest BCUT2D eigenvalue weighted by molar-refractivity contribution is -0.0423. The van der Waals surface area contributed by atoms with Crippen LogP contribution in [0.2, 0.25) is 0 Å². The smallest absolute Gasteiger partial charge is 0.141 e. The quantitative estimate of drug-likeness (QED) is 0.782. The van der Waals surface area contributed by atoms with Gasteiger partial charge in [-0.2, -0.15) is 0 Å². The number of benzene rings is 1. The Morgan fingerprint density at radius 2 is 1.67 bits per heavy atom. The molecule has 2 heteroatoms. The molecular formula is C25H33NO. The molecule has 2 N–H and O–H groups in total. The van der Waals surface area contributed by atoms with E-state index in [4.69, 9.17) is 0 Å². The molecule has 5 aliphatic rings. The van der Waals surface area contributed by atoms with Crippen LogP contribution >= 0.6 is 0 Å². The lowest BCUT2D eigenvalue weighted by atomic mass is 9.52. The average molecular weight is 364 g/mol. The molecule has 0 spiro atoms. The van der Waals surface area contributed by atoms with Crippen molar-refractivity contribution in [1.82, 2.24) is 5.32 Å². The molecule has 2 atom stereocenters.